The van der Waals surface area contributed by atoms with Crippen LogP contribution >= 0.6 is 0 Å². The molecule has 0 amide bonds. The minimum Gasteiger partial charge on any atom is -0.317 e. The topological polar surface area (TPSA) is 52.7 Å². The Labute approximate surface area is 130 Å². The molecule has 0 spiro atoms. The summed E-state index contributed by atoms with van der Waals surface area (Å²) in [5.74, 6) is 1.27. The highest BCUT2D eigenvalue weighted by Gasteiger charge is 2.33. The van der Waals surface area contributed by atoms with E-state index in [1.807, 2.05) is 0 Å². The molecular weight excluding hydrogens is 286 g/mol. The molecule has 0 aliphatic carbocycles. The zero-order valence-electron chi connectivity index (χ0n) is 13.6. The third kappa shape index (κ3) is 4.65. The quantitative estimate of drug-likeness (QED) is 0.839. The molecule has 0 aromatic rings. The molecule has 5 nitrogen and oxygen atoms in total. The van der Waals surface area contributed by atoms with E-state index in [0.29, 0.717) is 38.0 Å². The summed E-state index contributed by atoms with van der Waals surface area (Å²) < 4.78 is 29.0. The van der Waals surface area contributed by atoms with E-state index >= 15 is 0 Å². The van der Waals surface area contributed by atoms with Gasteiger partial charge in [0.1, 0.15) is 0 Å². The molecule has 1 N–H and O–H groups in total. The third-order valence-corrected chi connectivity index (χ3v) is 6.92. The Bertz CT molecular complexity index is 405. The van der Waals surface area contributed by atoms with Gasteiger partial charge in [0.25, 0.3) is 10.2 Å². The van der Waals surface area contributed by atoms with Crippen molar-refractivity contribution in [3.63, 3.8) is 0 Å². The molecule has 2 saturated heterocycles. The second-order valence-electron chi connectivity index (χ2n) is 6.59. The largest absolute Gasteiger partial charge is 0.317 e. The van der Waals surface area contributed by atoms with Crippen molar-refractivity contribution in [1.82, 2.24) is 13.9 Å². The fourth-order valence-corrected chi connectivity index (χ4v) is 5.02. The second-order valence-corrected chi connectivity index (χ2v) is 8.52. The monoisotopic (exact) mass is 317 g/mol. The molecule has 1 atom stereocenters. The van der Waals surface area contributed by atoms with Crippen LogP contribution in [0, 0.1) is 11.8 Å². The molecule has 1 unspecified atom stereocenters. The van der Waals surface area contributed by atoms with Crippen LogP contribution in [0.1, 0.15) is 46.0 Å². The first-order valence-corrected chi connectivity index (χ1v) is 9.89. The van der Waals surface area contributed by atoms with E-state index in [9.17, 15) is 8.42 Å². The molecule has 2 rings (SSSR count). The molecule has 2 heterocycles. The van der Waals surface area contributed by atoms with Crippen LogP contribution in [0.25, 0.3) is 0 Å². The Morgan fingerprint density at radius 1 is 1.00 bits per heavy atom. The number of nitrogens with zero attached hydrogens (tertiary/aromatic N) is 2. The van der Waals surface area contributed by atoms with Crippen LogP contribution in [0.4, 0.5) is 0 Å². The van der Waals surface area contributed by atoms with Gasteiger partial charge >= 0.3 is 0 Å². The van der Waals surface area contributed by atoms with Crippen molar-refractivity contribution in [2.24, 2.45) is 11.8 Å². The Morgan fingerprint density at radius 2 is 1.62 bits per heavy atom. The summed E-state index contributed by atoms with van der Waals surface area (Å²) in [5.41, 5.74) is 0. The van der Waals surface area contributed by atoms with Crippen molar-refractivity contribution in [2.75, 3.05) is 39.3 Å². The predicted octanol–water partition coefficient (Wildman–Crippen LogP) is 1.67. The first kappa shape index (κ1) is 17.2. The maximum Gasteiger partial charge on any atom is 0.281 e. The number of nitrogens with one attached hydrogen (secondary N) is 1. The SMILES string of the molecule is CCNCC1CCN(S(=O)(=O)N2CCCC(C)CC2)CC1. The van der Waals surface area contributed by atoms with Crippen LogP contribution in [-0.2, 0) is 10.2 Å². The van der Waals surface area contributed by atoms with Gasteiger partial charge in [-0.25, -0.2) is 0 Å². The van der Waals surface area contributed by atoms with Crippen LogP contribution in [0.15, 0.2) is 0 Å². The van der Waals surface area contributed by atoms with Crippen molar-refractivity contribution < 1.29 is 8.42 Å². The zero-order valence-corrected chi connectivity index (χ0v) is 14.4. The van der Waals surface area contributed by atoms with Crippen molar-refractivity contribution in [3.05, 3.63) is 0 Å². The molecule has 6 heteroatoms. The smallest absolute Gasteiger partial charge is 0.281 e. The van der Waals surface area contributed by atoms with Gasteiger partial charge in [0.05, 0.1) is 0 Å². The van der Waals surface area contributed by atoms with Crippen LogP contribution in [0.3, 0.4) is 0 Å². The van der Waals surface area contributed by atoms with Gasteiger partial charge in [0, 0.05) is 26.2 Å². The minimum absolute atomic E-state index is 0.626. The van der Waals surface area contributed by atoms with E-state index in [1.54, 1.807) is 8.61 Å². The normalized spacial score (nSPS) is 27.6. The lowest BCUT2D eigenvalue weighted by atomic mass is 9.98. The summed E-state index contributed by atoms with van der Waals surface area (Å²) >= 11 is 0. The maximum absolute atomic E-state index is 12.8. The van der Waals surface area contributed by atoms with Crippen molar-refractivity contribution in [2.45, 2.75) is 46.0 Å². The fraction of sp³-hybridized carbons (Fsp3) is 1.00. The Hall–Kier alpha value is -0.170. The van der Waals surface area contributed by atoms with Crippen LogP contribution in [-0.4, -0.2) is 56.3 Å². The summed E-state index contributed by atoms with van der Waals surface area (Å²) in [6.07, 6.45) is 5.11. The highest BCUT2D eigenvalue weighted by atomic mass is 32.2. The van der Waals surface area contributed by atoms with E-state index in [1.165, 1.54) is 0 Å². The summed E-state index contributed by atoms with van der Waals surface area (Å²) in [6.45, 7) is 9.11. The Kier molecular flexibility index (Phi) is 6.47. The van der Waals surface area contributed by atoms with Gasteiger partial charge < -0.3 is 5.32 Å². The molecule has 21 heavy (non-hydrogen) atoms. The molecular formula is C15H31N3O2S. The fourth-order valence-electron chi connectivity index (χ4n) is 3.32. The van der Waals surface area contributed by atoms with Crippen molar-refractivity contribution in [3.8, 4) is 0 Å². The number of rotatable bonds is 5. The lowest BCUT2D eigenvalue weighted by molar-refractivity contribution is 0.250. The first-order valence-electron chi connectivity index (χ1n) is 8.50. The highest BCUT2D eigenvalue weighted by molar-refractivity contribution is 7.86. The van der Waals surface area contributed by atoms with E-state index in [4.69, 9.17) is 0 Å². The standard InChI is InChI=1S/C15H31N3O2S/c1-3-16-13-15-7-11-18(12-8-15)21(19,20)17-9-4-5-14(2)6-10-17/h14-16H,3-13H2,1-2H3. The molecule has 0 aromatic carbocycles. The number of hydrogen-bond donors (Lipinski definition) is 1. The molecule has 0 radical (unpaired) electrons. The lowest BCUT2D eigenvalue weighted by Crippen LogP contribution is -2.48. The molecule has 2 fully saturated rings. The van der Waals surface area contributed by atoms with Crippen molar-refractivity contribution in [1.29, 1.82) is 0 Å². The summed E-state index contributed by atoms with van der Waals surface area (Å²) in [5, 5.41) is 3.37. The maximum atomic E-state index is 12.8. The Balaban J connectivity index is 1.88. The van der Waals surface area contributed by atoms with E-state index < -0.39 is 10.2 Å². The van der Waals surface area contributed by atoms with Gasteiger partial charge in [-0.2, -0.15) is 17.0 Å². The second kappa shape index (κ2) is 7.90. The number of hydrogen-bond acceptors (Lipinski definition) is 3. The summed E-state index contributed by atoms with van der Waals surface area (Å²) in [7, 11) is -3.23. The van der Waals surface area contributed by atoms with E-state index in [0.717, 1.165) is 45.2 Å². The number of piperidine rings is 1. The lowest BCUT2D eigenvalue weighted by Gasteiger charge is -2.34. The molecule has 124 valence electrons. The van der Waals surface area contributed by atoms with Crippen LogP contribution in [0.2, 0.25) is 0 Å². The van der Waals surface area contributed by atoms with E-state index in [-0.39, 0.29) is 0 Å². The summed E-state index contributed by atoms with van der Waals surface area (Å²) in [6, 6.07) is 0. The molecule has 2 aliphatic heterocycles. The third-order valence-electron chi connectivity index (χ3n) is 4.88. The van der Waals surface area contributed by atoms with Gasteiger partial charge in [-0.15, -0.1) is 0 Å². The minimum atomic E-state index is -3.23. The average Bonchev–Trinajstić information content (AvgIpc) is 2.70. The highest BCUT2D eigenvalue weighted by Crippen LogP contribution is 2.24. The Morgan fingerprint density at radius 3 is 2.29 bits per heavy atom. The van der Waals surface area contributed by atoms with Crippen LogP contribution < -0.4 is 5.32 Å². The van der Waals surface area contributed by atoms with Gasteiger partial charge in [-0.3, -0.25) is 0 Å². The average molecular weight is 317 g/mol. The molecule has 0 bridgehead atoms. The van der Waals surface area contributed by atoms with Gasteiger partial charge in [0.15, 0.2) is 0 Å². The van der Waals surface area contributed by atoms with E-state index in [2.05, 4.69) is 19.2 Å². The van der Waals surface area contributed by atoms with Crippen LogP contribution in [0.5, 0.6) is 0 Å². The molecule has 0 aromatic heterocycles. The van der Waals surface area contributed by atoms with Gasteiger partial charge in [-0.05, 0) is 57.0 Å². The van der Waals surface area contributed by atoms with Gasteiger partial charge in [0.2, 0.25) is 0 Å². The molecule has 0 saturated carbocycles. The first-order chi connectivity index (χ1) is 10.0. The van der Waals surface area contributed by atoms with Gasteiger partial charge in [-0.1, -0.05) is 13.8 Å². The van der Waals surface area contributed by atoms with Crippen molar-refractivity contribution >= 4 is 10.2 Å². The predicted molar refractivity (Wildman–Crippen MR) is 86.3 cm³/mol. The molecule has 2 aliphatic rings. The zero-order chi connectivity index (χ0) is 15.3. The summed E-state index contributed by atoms with van der Waals surface area (Å²) in [4.78, 5) is 0.